The summed E-state index contributed by atoms with van der Waals surface area (Å²) in [5, 5.41) is 10.3. The number of thiazole rings is 1. The van der Waals surface area contributed by atoms with Crippen LogP contribution in [0.2, 0.25) is 0 Å². The maximum Gasteiger partial charge on any atom is 0.347 e. The summed E-state index contributed by atoms with van der Waals surface area (Å²) in [6.45, 7) is 9.42. The fraction of sp³-hybridized carbons (Fsp3) is 0.333. The van der Waals surface area contributed by atoms with Gasteiger partial charge in [-0.25, -0.2) is 14.2 Å². The van der Waals surface area contributed by atoms with Gasteiger partial charge in [0.2, 0.25) is 0 Å². The fourth-order valence-corrected chi connectivity index (χ4v) is 6.98. The van der Waals surface area contributed by atoms with Crippen molar-refractivity contribution in [1.29, 1.82) is 0 Å². The van der Waals surface area contributed by atoms with Crippen LogP contribution in [0.1, 0.15) is 30.0 Å². The van der Waals surface area contributed by atoms with E-state index in [0.717, 1.165) is 71.0 Å². The monoisotopic (exact) mass is 621 g/mol. The van der Waals surface area contributed by atoms with E-state index in [1.807, 2.05) is 37.3 Å². The van der Waals surface area contributed by atoms with Crippen LogP contribution in [-0.4, -0.2) is 59.8 Å². The van der Waals surface area contributed by atoms with E-state index in [-0.39, 0.29) is 5.82 Å². The highest BCUT2D eigenvalue weighted by atomic mass is 32.2. The first-order valence-corrected chi connectivity index (χ1v) is 15.9. The second-order valence-electron chi connectivity index (χ2n) is 11.0. The van der Waals surface area contributed by atoms with Gasteiger partial charge in [-0.15, -0.1) is 23.1 Å². The van der Waals surface area contributed by atoms with Crippen LogP contribution in [0.15, 0.2) is 71.6 Å². The van der Waals surface area contributed by atoms with Gasteiger partial charge in [-0.3, -0.25) is 4.90 Å². The maximum absolute atomic E-state index is 13.6. The molecule has 0 aliphatic carbocycles. The molecule has 0 spiro atoms. The van der Waals surface area contributed by atoms with Crippen LogP contribution in [0.3, 0.4) is 0 Å². The number of methoxy groups -OCH3 is 1. The summed E-state index contributed by atoms with van der Waals surface area (Å²) in [7, 11) is 1.69. The first-order valence-electron chi connectivity index (χ1n) is 14.1. The molecule has 1 aliphatic rings. The van der Waals surface area contributed by atoms with Crippen molar-refractivity contribution < 1.29 is 23.8 Å². The van der Waals surface area contributed by atoms with Crippen LogP contribution in [0, 0.1) is 12.7 Å². The molecule has 1 saturated heterocycles. The summed E-state index contributed by atoms with van der Waals surface area (Å²) < 4.78 is 24.8. The Kier molecular flexibility index (Phi) is 9.59. The number of carboxylic acid groups (broad SMARTS) is 1. The highest BCUT2D eigenvalue weighted by Crippen LogP contribution is 2.35. The zero-order chi connectivity index (χ0) is 30.6. The lowest BCUT2D eigenvalue weighted by atomic mass is 10.1. The molecule has 0 unspecified atom stereocenters. The highest BCUT2D eigenvalue weighted by Gasteiger charge is 2.30. The third-order valence-corrected chi connectivity index (χ3v) is 9.78. The smallest absolute Gasteiger partial charge is 0.347 e. The number of aryl methyl sites for hydroxylation is 1. The van der Waals surface area contributed by atoms with Gasteiger partial charge < -0.3 is 19.5 Å². The first-order chi connectivity index (χ1) is 20.6. The standard InChI is InChI=1S/C33H36FN3O4S2/c1-22-18-27(12-13-29(22)41-33(2,3)32(38)39)42-21-30-28(35-31(43-30)23-8-10-24(34)11-9-23)20-36-14-16-37(17-15-36)25-6-5-7-26(19-25)40-4/h5-13,18-19H,14-17,20-21H2,1-4H3,(H,38,39). The molecule has 0 amide bonds. The number of hydrogen-bond donors (Lipinski definition) is 1. The van der Waals surface area contributed by atoms with E-state index in [1.54, 1.807) is 56.2 Å². The van der Waals surface area contributed by atoms with E-state index >= 15 is 0 Å². The minimum atomic E-state index is -1.31. The van der Waals surface area contributed by atoms with Crippen molar-refractivity contribution in [3.05, 3.63) is 88.7 Å². The molecule has 226 valence electrons. The van der Waals surface area contributed by atoms with Crippen molar-refractivity contribution in [3.63, 3.8) is 0 Å². The van der Waals surface area contributed by atoms with Crippen LogP contribution < -0.4 is 14.4 Å². The average Bonchev–Trinajstić information content (AvgIpc) is 3.40. The Morgan fingerprint density at radius 1 is 1.07 bits per heavy atom. The molecule has 1 N–H and O–H groups in total. The van der Waals surface area contributed by atoms with E-state index in [2.05, 4.69) is 21.9 Å². The molecule has 1 fully saturated rings. The third-order valence-electron chi connectivity index (χ3n) is 7.43. The number of nitrogens with zero attached hydrogens (tertiary/aromatic N) is 3. The molecule has 0 bridgehead atoms. The van der Waals surface area contributed by atoms with Crippen LogP contribution in [0.25, 0.3) is 10.6 Å². The predicted octanol–water partition coefficient (Wildman–Crippen LogP) is 7.12. The Bertz CT molecular complexity index is 1570. The lowest BCUT2D eigenvalue weighted by molar-refractivity contribution is -0.152. The van der Waals surface area contributed by atoms with Crippen LogP contribution in [-0.2, 0) is 17.1 Å². The topological polar surface area (TPSA) is 75.1 Å². The SMILES string of the molecule is COc1cccc(N2CCN(Cc3nc(-c4ccc(F)cc4)sc3CSc3ccc(OC(C)(C)C(=O)O)c(C)c3)CC2)c1. The number of halogens is 1. The first kappa shape index (κ1) is 30.8. The minimum absolute atomic E-state index is 0.264. The number of carbonyl (C=O) groups is 1. The molecule has 2 heterocycles. The molecule has 4 aromatic rings. The van der Waals surface area contributed by atoms with Crippen molar-refractivity contribution in [2.24, 2.45) is 0 Å². The lowest BCUT2D eigenvalue weighted by Gasteiger charge is -2.36. The van der Waals surface area contributed by atoms with Gasteiger partial charge >= 0.3 is 5.97 Å². The summed E-state index contributed by atoms with van der Waals surface area (Å²) in [4.78, 5) is 23.6. The molecule has 43 heavy (non-hydrogen) atoms. The average molecular weight is 622 g/mol. The van der Waals surface area contributed by atoms with Crippen LogP contribution in [0.4, 0.5) is 10.1 Å². The van der Waals surface area contributed by atoms with Gasteiger partial charge in [0.05, 0.1) is 12.8 Å². The van der Waals surface area contributed by atoms with Gasteiger partial charge in [-0.1, -0.05) is 6.07 Å². The molecular formula is C33H36FN3O4S2. The molecule has 1 aliphatic heterocycles. The van der Waals surface area contributed by atoms with Crippen molar-refractivity contribution in [3.8, 4) is 22.1 Å². The second kappa shape index (κ2) is 13.4. The molecule has 7 nitrogen and oxygen atoms in total. The van der Waals surface area contributed by atoms with E-state index < -0.39 is 11.6 Å². The van der Waals surface area contributed by atoms with E-state index in [0.29, 0.717) is 5.75 Å². The zero-order valence-corrected chi connectivity index (χ0v) is 26.4. The number of ether oxygens (including phenoxy) is 2. The van der Waals surface area contributed by atoms with Gasteiger partial charge in [0.15, 0.2) is 5.60 Å². The predicted molar refractivity (Wildman–Crippen MR) is 171 cm³/mol. The Hall–Kier alpha value is -3.60. The van der Waals surface area contributed by atoms with Gasteiger partial charge in [-0.2, -0.15) is 0 Å². The molecule has 3 aromatic carbocycles. The van der Waals surface area contributed by atoms with Gasteiger partial charge in [0.1, 0.15) is 22.3 Å². The van der Waals surface area contributed by atoms with E-state index in [1.165, 1.54) is 22.7 Å². The number of piperazine rings is 1. The summed E-state index contributed by atoms with van der Waals surface area (Å²) in [5.74, 6) is 0.876. The van der Waals surface area contributed by atoms with Crippen molar-refractivity contribution in [2.45, 2.75) is 43.6 Å². The molecule has 0 saturated carbocycles. The zero-order valence-electron chi connectivity index (χ0n) is 24.8. The number of hydrogen-bond acceptors (Lipinski definition) is 8. The summed E-state index contributed by atoms with van der Waals surface area (Å²) in [5.41, 5.74) is 2.69. The van der Waals surface area contributed by atoms with Gasteiger partial charge in [0, 0.05) is 65.6 Å². The Morgan fingerprint density at radius 3 is 2.49 bits per heavy atom. The number of benzene rings is 3. The number of thioether (sulfide) groups is 1. The molecule has 5 rings (SSSR count). The molecule has 1 aromatic heterocycles. The van der Waals surface area contributed by atoms with Gasteiger partial charge in [-0.05, 0) is 80.9 Å². The van der Waals surface area contributed by atoms with Crippen molar-refractivity contribution in [1.82, 2.24) is 9.88 Å². The Morgan fingerprint density at radius 2 is 1.81 bits per heavy atom. The number of aromatic nitrogens is 1. The van der Waals surface area contributed by atoms with E-state index in [9.17, 15) is 14.3 Å². The number of anilines is 1. The van der Waals surface area contributed by atoms with Crippen molar-refractivity contribution in [2.75, 3.05) is 38.2 Å². The van der Waals surface area contributed by atoms with Crippen LogP contribution >= 0.6 is 23.1 Å². The summed E-state index contributed by atoms with van der Waals surface area (Å²) in [6, 6.07) is 20.5. The summed E-state index contributed by atoms with van der Waals surface area (Å²) in [6.07, 6.45) is 0. The highest BCUT2D eigenvalue weighted by molar-refractivity contribution is 7.98. The lowest BCUT2D eigenvalue weighted by Crippen LogP contribution is -2.46. The van der Waals surface area contributed by atoms with Crippen molar-refractivity contribution >= 4 is 34.8 Å². The number of rotatable bonds is 11. The minimum Gasteiger partial charge on any atom is -0.497 e. The molecular weight excluding hydrogens is 586 g/mol. The number of carboxylic acids is 1. The molecule has 10 heteroatoms. The quantitative estimate of drug-likeness (QED) is 0.178. The van der Waals surface area contributed by atoms with Crippen LogP contribution in [0.5, 0.6) is 11.5 Å². The summed E-state index contributed by atoms with van der Waals surface area (Å²) >= 11 is 3.36. The number of aliphatic carboxylic acids is 1. The Labute approximate surface area is 260 Å². The fourth-order valence-electron chi connectivity index (χ4n) is 4.81. The molecule has 0 atom stereocenters. The third kappa shape index (κ3) is 7.68. The normalized spacial score (nSPS) is 14.1. The van der Waals surface area contributed by atoms with E-state index in [4.69, 9.17) is 14.5 Å². The largest absolute Gasteiger partial charge is 0.497 e. The van der Waals surface area contributed by atoms with Gasteiger partial charge in [0.25, 0.3) is 0 Å². The maximum atomic E-state index is 13.6. The Balaban J connectivity index is 1.29. The second-order valence-corrected chi connectivity index (χ2v) is 13.1. The molecule has 0 radical (unpaired) electrons.